The van der Waals surface area contributed by atoms with Crippen molar-refractivity contribution in [2.24, 2.45) is 0 Å². The van der Waals surface area contributed by atoms with Crippen molar-refractivity contribution in [3.63, 3.8) is 0 Å². The normalized spacial score (nSPS) is 12.1. The minimum Gasteiger partial charge on any atom is -0.456 e. The van der Waals surface area contributed by atoms with Crippen molar-refractivity contribution in [2.75, 3.05) is 0 Å². The van der Waals surface area contributed by atoms with Crippen molar-refractivity contribution in [1.82, 2.24) is 4.57 Å². The molecule has 0 radical (unpaired) electrons. The van der Waals surface area contributed by atoms with Crippen LogP contribution in [0, 0.1) is 0 Å². The van der Waals surface area contributed by atoms with E-state index in [1.807, 2.05) is 6.07 Å². The molecule has 214 valence electrons. The van der Waals surface area contributed by atoms with E-state index in [0.717, 1.165) is 28.1 Å². The van der Waals surface area contributed by atoms with E-state index < -0.39 is 0 Å². The van der Waals surface area contributed by atoms with Crippen LogP contribution < -0.4 is 4.74 Å². The van der Waals surface area contributed by atoms with Gasteiger partial charge in [0.1, 0.15) is 11.5 Å². The Hall–Kier alpha value is -6.12. The summed E-state index contributed by atoms with van der Waals surface area (Å²) in [5.74, 6) is 1.81. The predicted octanol–water partition coefficient (Wildman–Crippen LogP) is 12.2. The molecule has 0 bridgehead atoms. The third-order valence-corrected chi connectivity index (χ3v) is 9.60. The van der Waals surface area contributed by atoms with Crippen molar-refractivity contribution >= 4 is 43.4 Å². The average Bonchev–Trinajstić information content (AvgIpc) is 3.48. The number of rotatable bonds is 3. The molecule has 2 heterocycles. The van der Waals surface area contributed by atoms with Gasteiger partial charge in [-0.05, 0) is 68.7 Å². The molecule has 10 rings (SSSR count). The minimum absolute atomic E-state index is 0.906. The van der Waals surface area contributed by atoms with E-state index in [1.54, 1.807) is 0 Å². The molecule has 0 fully saturated rings. The van der Waals surface area contributed by atoms with Crippen LogP contribution in [0.15, 0.2) is 164 Å². The molecule has 0 atom stereocenters. The predicted molar refractivity (Wildman–Crippen MR) is 192 cm³/mol. The molecule has 2 heteroatoms. The third-order valence-electron chi connectivity index (χ3n) is 9.60. The van der Waals surface area contributed by atoms with E-state index in [9.17, 15) is 0 Å². The summed E-state index contributed by atoms with van der Waals surface area (Å²) in [4.78, 5) is 0. The largest absolute Gasteiger partial charge is 0.456 e. The Bertz CT molecular complexity index is 2660. The van der Waals surface area contributed by atoms with Gasteiger partial charge in [-0.25, -0.2) is 0 Å². The lowest BCUT2D eigenvalue weighted by Gasteiger charge is -2.23. The van der Waals surface area contributed by atoms with Crippen LogP contribution in [0.5, 0.6) is 11.5 Å². The molecule has 0 N–H and O–H groups in total. The van der Waals surface area contributed by atoms with Gasteiger partial charge in [-0.1, -0.05) is 133 Å². The molecule has 8 aromatic carbocycles. The monoisotopic (exact) mass is 585 g/mol. The summed E-state index contributed by atoms with van der Waals surface area (Å²) in [6.07, 6.45) is 0. The van der Waals surface area contributed by atoms with Crippen LogP contribution in [-0.2, 0) is 0 Å². The molecule has 0 saturated carbocycles. The summed E-state index contributed by atoms with van der Waals surface area (Å²) in [6.45, 7) is 0. The smallest absolute Gasteiger partial charge is 0.135 e. The van der Waals surface area contributed by atoms with E-state index >= 15 is 0 Å². The number of fused-ring (bicyclic) bond motifs is 7. The number of benzene rings is 8. The summed E-state index contributed by atoms with van der Waals surface area (Å²) < 4.78 is 8.89. The van der Waals surface area contributed by atoms with Crippen LogP contribution in [0.3, 0.4) is 0 Å². The molecule has 0 amide bonds. The van der Waals surface area contributed by atoms with Crippen molar-refractivity contribution in [3.05, 3.63) is 164 Å². The second kappa shape index (κ2) is 9.69. The third kappa shape index (κ3) is 3.53. The molecular weight excluding hydrogens is 558 g/mol. The second-order valence-electron chi connectivity index (χ2n) is 12.0. The summed E-state index contributed by atoms with van der Waals surface area (Å²) in [7, 11) is 0. The Balaban J connectivity index is 1.30. The van der Waals surface area contributed by atoms with Gasteiger partial charge < -0.3 is 9.30 Å². The first-order valence-corrected chi connectivity index (χ1v) is 15.8. The van der Waals surface area contributed by atoms with Gasteiger partial charge in [0.05, 0.1) is 11.0 Å². The van der Waals surface area contributed by atoms with E-state index in [1.165, 1.54) is 65.8 Å². The standard InChI is InChI=1S/C44H27NO/c1-2-13-29(14-3-1)45-39-26-24-28-12-4-5-15-30(28)42(39)38-22-11-21-37(44(38)45)32-17-7-6-16-31(32)33-25-27-41-43-35(33)19-10-20-36(43)34-18-8-9-23-40(34)46-41/h1-27H. The molecule has 46 heavy (non-hydrogen) atoms. The summed E-state index contributed by atoms with van der Waals surface area (Å²) in [6, 6.07) is 59.0. The van der Waals surface area contributed by atoms with Crippen LogP contribution in [0.1, 0.15) is 0 Å². The molecule has 0 unspecified atom stereocenters. The Morgan fingerprint density at radius 1 is 0.348 bits per heavy atom. The van der Waals surface area contributed by atoms with Crippen LogP contribution in [0.2, 0.25) is 0 Å². The van der Waals surface area contributed by atoms with Gasteiger partial charge in [0, 0.05) is 33.0 Å². The van der Waals surface area contributed by atoms with Crippen LogP contribution >= 0.6 is 0 Å². The SMILES string of the molecule is c1ccc(-n2c3ccc4ccccc4c3c3cccc(-c4ccccc4-c4ccc5c6c(cccc46)-c4ccccc4O5)c32)cc1. The number of para-hydroxylation sites is 3. The minimum atomic E-state index is 0.906. The highest BCUT2D eigenvalue weighted by Crippen LogP contribution is 2.50. The first-order valence-electron chi connectivity index (χ1n) is 15.8. The topological polar surface area (TPSA) is 14.2 Å². The van der Waals surface area contributed by atoms with Crippen LogP contribution in [0.4, 0.5) is 0 Å². The number of hydrogen-bond acceptors (Lipinski definition) is 1. The lowest BCUT2D eigenvalue weighted by Crippen LogP contribution is -1.98. The first-order chi connectivity index (χ1) is 22.8. The van der Waals surface area contributed by atoms with Gasteiger partial charge in [-0.3, -0.25) is 0 Å². The number of aromatic nitrogens is 1. The van der Waals surface area contributed by atoms with E-state index in [2.05, 4.69) is 162 Å². The molecule has 0 aliphatic carbocycles. The Morgan fingerprint density at radius 3 is 1.87 bits per heavy atom. The Kier molecular flexibility index (Phi) is 5.31. The van der Waals surface area contributed by atoms with E-state index in [4.69, 9.17) is 4.74 Å². The Labute approximate surface area is 266 Å². The maximum atomic E-state index is 6.44. The van der Waals surface area contributed by atoms with Crippen molar-refractivity contribution in [1.29, 1.82) is 0 Å². The zero-order valence-electron chi connectivity index (χ0n) is 24.9. The lowest BCUT2D eigenvalue weighted by atomic mass is 9.87. The molecule has 1 aromatic heterocycles. The van der Waals surface area contributed by atoms with Crippen molar-refractivity contribution < 1.29 is 4.74 Å². The molecule has 0 spiro atoms. The maximum absolute atomic E-state index is 6.44. The molecule has 0 saturated heterocycles. The van der Waals surface area contributed by atoms with Gasteiger partial charge in [-0.2, -0.15) is 0 Å². The molecule has 1 aliphatic rings. The lowest BCUT2D eigenvalue weighted by molar-refractivity contribution is 0.487. The molecule has 9 aromatic rings. The fourth-order valence-corrected chi connectivity index (χ4v) is 7.67. The van der Waals surface area contributed by atoms with E-state index in [0.29, 0.717) is 0 Å². The zero-order valence-corrected chi connectivity index (χ0v) is 24.9. The number of ether oxygens (including phenoxy) is 1. The van der Waals surface area contributed by atoms with Gasteiger partial charge in [-0.15, -0.1) is 0 Å². The van der Waals surface area contributed by atoms with Gasteiger partial charge in [0.25, 0.3) is 0 Å². The van der Waals surface area contributed by atoms with Crippen LogP contribution in [0.25, 0.3) is 82.4 Å². The highest BCUT2D eigenvalue weighted by atomic mass is 16.5. The molecular formula is C44H27NO. The number of hydrogen-bond donors (Lipinski definition) is 0. The maximum Gasteiger partial charge on any atom is 0.135 e. The van der Waals surface area contributed by atoms with Crippen LogP contribution in [-0.4, -0.2) is 4.57 Å². The number of nitrogens with zero attached hydrogens (tertiary/aromatic N) is 1. The van der Waals surface area contributed by atoms with E-state index in [-0.39, 0.29) is 0 Å². The van der Waals surface area contributed by atoms with Gasteiger partial charge >= 0.3 is 0 Å². The second-order valence-corrected chi connectivity index (χ2v) is 12.0. The zero-order chi connectivity index (χ0) is 30.2. The van der Waals surface area contributed by atoms with Crippen molar-refractivity contribution in [2.45, 2.75) is 0 Å². The highest BCUT2D eigenvalue weighted by Gasteiger charge is 2.23. The highest BCUT2D eigenvalue weighted by molar-refractivity contribution is 6.24. The van der Waals surface area contributed by atoms with Crippen molar-refractivity contribution in [3.8, 4) is 50.6 Å². The average molecular weight is 586 g/mol. The summed E-state index contributed by atoms with van der Waals surface area (Å²) in [5.41, 5.74) is 10.7. The molecule has 2 nitrogen and oxygen atoms in total. The summed E-state index contributed by atoms with van der Waals surface area (Å²) in [5, 5.41) is 7.42. The van der Waals surface area contributed by atoms with Gasteiger partial charge in [0.2, 0.25) is 0 Å². The first kappa shape index (κ1) is 25.2. The Morgan fingerprint density at radius 2 is 1.00 bits per heavy atom. The summed E-state index contributed by atoms with van der Waals surface area (Å²) >= 11 is 0. The quantitative estimate of drug-likeness (QED) is 0.201. The fourth-order valence-electron chi connectivity index (χ4n) is 7.67. The fraction of sp³-hybridized carbons (Fsp3) is 0. The van der Waals surface area contributed by atoms with Gasteiger partial charge in [0.15, 0.2) is 0 Å². The molecule has 1 aliphatic heterocycles.